The summed E-state index contributed by atoms with van der Waals surface area (Å²) >= 11 is 0. The van der Waals surface area contributed by atoms with Crippen LogP contribution in [0.15, 0.2) is 0 Å². The summed E-state index contributed by atoms with van der Waals surface area (Å²) in [4.78, 5) is 0. The van der Waals surface area contributed by atoms with E-state index in [4.69, 9.17) is 4.74 Å². The zero-order chi connectivity index (χ0) is 18.5. The predicted molar refractivity (Wildman–Crippen MR) is 98.6 cm³/mol. The standard InChI is InChI=1S/C20H36O5.H2O/c1-14-4-5-15-17(2,12-22)16(24)6-7-18(15,3)20(14)9-8-19(13-23,25-20)10-11-21;/h14-16,21-24H,4-13H2,1-3H3;1H2/t14-,15?,16+,17+,18+,19?,20-;/m1./s1. The Balaban J connectivity index is 0.00000243. The van der Waals surface area contributed by atoms with Gasteiger partial charge in [-0.05, 0) is 50.4 Å². The molecule has 7 atom stereocenters. The Morgan fingerprint density at radius 3 is 2.23 bits per heavy atom. The van der Waals surface area contributed by atoms with Gasteiger partial charge in [-0.2, -0.15) is 0 Å². The van der Waals surface area contributed by atoms with Crippen molar-refractivity contribution in [3.63, 3.8) is 0 Å². The first-order chi connectivity index (χ1) is 11.7. The molecule has 6 N–H and O–H groups in total. The quantitative estimate of drug-likeness (QED) is 0.585. The van der Waals surface area contributed by atoms with Crippen LogP contribution in [0.3, 0.4) is 0 Å². The maximum atomic E-state index is 10.6. The van der Waals surface area contributed by atoms with Gasteiger partial charge in [0, 0.05) is 23.9 Å². The highest BCUT2D eigenvalue weighted by atomic mass is 16.5. The Morgan fingerprint density at radius 1 is 0.962 bits per heavy atom. The van der Waals surface area contributed by atoms with Gasteiger partial charge in [-0.1, -0.05) is 20.8 Å². The van der Waals surface area contributed by atoms with Crippen molar-refractivity contribution < 1.29 is 30.6 Å². The molecule has 3 rings (SSSR count). The minimum atomic E-state index is -0.653. The van der Waals surface area contributed by atoms with Crippen LogP contribution < -0.4 is 0 Å². The Bertz CT molecular complexity index is 501. The SMILES string of the molecule is C[C@@H]1CCC2[C@](C)(CO)[C@@H](O)CC[C@]2(C)[C@@]12CCC(CO)(CCO)O2.O. The maximum absolute atomic E-state index is 10.6. The molecule has 3 aliphatic rings. The van der Waals surface area contributed by atoms with Crippen LogP contribution in [0, 0.1) is 22.7 Å². The van der Waals surface area contributed by atoms with Crippen LogP contribution in [0.5, 0.6) is 0 Å². The van der Waals surface area contributed by atoms with Crippen molar-refractivity contribution in [3.05, 3.63) is 0 Å². The Hall–Kier alpha value is -0.240. The van der Waals surface area contributed by atoms with Crippen molar-refractivity contribution >= 4 is 0 Å². The van der Waals surface area contributed by atoms with Gasteiger partial charge in [0.05, 0.1) is 30.5 Å². The van der Waals surface area contributed by atoms with E-state index in [1.807, 2.05) is 6.92 Å². The molecule has 0 aromatic heterocycles. The Kier molecular flexibility index (Phi) is 6.19. The van der Waals surface area contributed by atoms with Gasteiger partial charge in [0.1, 0.15) is 0 Å². The fraction of sp³-hybridized carbons (Fsp3) is 1.00. The minimum absolute atomic E-state index is 0. The molecule has 0 aromatic rings. The van der Waals surface area contributed by atoms with E-state index in [1.54, 1.807) is 0 Å². The topological polar surface area (TPSA) is 122 Å². The molecule has 6 nitrogen and oxygen atoms in total. The van der Waals surface area contributed by atoms with Crippen LogP contribution >= 0.6 is 0 Å². The van der Waals surface area contributed by atoms with Gasteiger partial charge in [0.15, 0.2) is 0 Å². The van der Waals surface area contributed by atoms with Crippen molar-refractivity contribution in [1.82, 2.24) is 0 Å². The van der Waals surface area contributed by atoms with Crippen molar-refractivity contribution in [2.45, 2.75) is 83.0 Å². The van der Waals surface area contributed by atoms with E-state index in [-0.39, 0.29) is 42.2 Å². The number of hydrogen-bond donors (Lipinski definition) is 4. The van der Waals surface area contributed by atoms with Crippen molar-refractivity contribution in [2.24, 2.45) is 22.7 Å². The third-order valence-electron chi connectivity index (χ3n) is 8.46. The lowest BCUT2D eigenvalue weighted by molar-refractivity contribution is -0.272. The molecule has 0 bridgehead atoms. The molecule has 26 heavy (non-hydrogen) atoms. The van der Waals surface area contributed by atoms with Crippen LogP contribution in [-0.4, -0.2) is 63.0 Å². The Labute approximate surface area is 156 Å². The summed E-state index contributed by atoms with van der Waals surface area (Å²) in [7, 11) is 0. The van der Waals surface area contributed by atoms with Crippen molar-refractivity contribution in [2.75, 3.05) is 19.8 Å². The Morgan fingerprint density at radius 2 is 1.65 bits per heavy atom. The number of aliphatic hydroxyl groups excluding tert-OH is 4. The second kappa shape index (κ2) is 7.30. The van der Waals surface area contributed by atoms with Crippen LogP contribution in [0.4, 0.5) is 0 Å². The summed E-state index contributed by atoms with van der Waals surface area (Å²) in [5.74, 6) is 0.549. The lowest BCUT2D eigenvalue weighted by Gasteiger charge is -2.65. The third-order valence-corrected chi connectivity index (χ3v) is 8.46. The first-order valence-corrected chi connectivity index (χ1v) is 9.94. The fourth-order valence-corrected chi connectivity index (χ4v) is 6.70. The zero-order valence-electron chi connectivity index (χ0n) is 16.5. The van der Waals surface area contributed by atoms with Crippen molar-refractivity contribution in [3.8, 4) is 0 Å². The lowest BCUT2D eigenvalue weighted by atomic mass is 9.43. The second-order valence-corrected chi connectivity index (χ2v) is 9.47. The van der Waals surface area contributed by atoms with Crippen LogP contribution in [0.1, 0.15) is 65.7 Å². The number of fused-ring (bicyclic) bond motifs is 2. The van der Waals surface area contributed by atoms with Crippen LogP contribution in [-0.2, 0) is 4.74 Å². The van der Waals surface area contributed by atoms with E-state index in [0.717, 1.165) is 32.1 Å². The van der Waals surface area contributed by atoms with Crippen LogP contribution in [0.2, 0.25) is 0 Å². The van der Waals surface area contributed by atoms with E-state index >= 15 is 0 Å². The third kappa shape index (κ3) is 2.76. The lowest BCUT2D eigenvalue weighted by Crippen LogP contribution is -2.66. The van der Waals surface area contributed by atoms with E-state index in [0.29, 0.717) is 18.8 Å². The predicted octanol–water partition coefficient (Wildman–Crippen LogP) is 1.03. The van der Waals surface area contributed by atoms with Gasteiger partial charge < -0.3 is 30.6 Å². The average molecular weight is 375 g/mol. The monoisotopic (exact) mass is 374 g/mol. The smallest absolute Gasteiger partial charge is 0.0942 e. The molecule has 2 aliphatic carbocycles. The van der Waals surface area contributed by atoms with Gasteiger partial charge in [0.25, 0.3) is 0 Å². The van der Waals surface area contributed by atoms with E-state index in [1.165, 1.54) is 0 Å². The molecule has 1 spiro atoms. The minimum Gasteiger partial charge on any atom is -0.412 e. The highest BCUT2D eigenvalue weighted by Crippen LogP contribution is 2.67. The van der Waals surface area contributed by atoms with E-state index in [9.17, 15) is 20.4 Å². The number of ether oxygens (including phenoxy) is 1. The number of hydrogen-bond acceptors (Lipinski definition) is 5. The molecule has 6 heteroatoms. The second-order valence-electron chi connectivity index (χ2n) is 9.47. The highest BCUT2D eigenvalue weighted by Gasteiger charge is 2.68. The summed E-state index contributed by atoms with van der Waals surface area (Å²) in [6, 6.07) is 0. The molecule has 0 aromatic carbocycles. The summed E-state index contributed by atoms with van der Waals surface area (Å²) in [6.45, 7) is 6.47. The summed E-state index contributed by atoms with van der Waals surface area (Å²) < 4.78 is 6.75. The average Bonchev–Trinajstić information content (AvgIpc) is 2.99. The first-order valence-electron chi connectivity index (χ1n) is 9.94. The van der Waals surface area contributed by atoms with Gasteiger partial charge in [-0.3, -0.25) is 0 Å². The molecule has 1 heterocycles. The van der Waals surface area contributed by atoms with Gasteiger partial charge in [-0.25, -0.2) is 0 Å². The van der Waals surface area contributed by atoms with Gasteiger partial charge in [-0.15, -0.1) is 0 Å². The van der Waals surface area contributed by atoms with Crippen molar-refractivity contribution in [1.29, 1.82) is 0 Å². The number of rotatable bonds is 4. The molecule has 0 radical (unpaired) electrons. The summed E-state index contributed by atoms with van der Waals surface area (Å²) in [6.07, 6.45) is 5.15. The molecule has 1 aliphatic heterocycles. The van der Waals surface area contributed by atoms with E-state index in [2.05, 4.69) is 13.8 Å². The first kappa shape index (κ1) is 22.1. The van der Waals surface area contributed by atoms with Gasteiger partial charge in [0.2, 0.25) is 0 Å². The maximum Gasteiger partial charge on any atom is 0.0942 e. The van der Waals surface area contributed by atoms with Crippen LogP contribution in [0.25, 0.3) is 0 Å². The molecule has 1 saturated heterocycles. The van der Waals surface area contributed by atoms with Gasteiger partial charge >= 0.3 is 0 Å². The molecule has 2 saturated carbocycles. The normalized spacial score (nSPS) is 51.1. The summed E-state index contributed by atoms with van der Waals surface area (Å²) in [5, 5.41) is 40.2. The molecule has 0 amide bonds. The molecule has 3 fully saturated rings. The molecule has 154 valence electrons. The summed E-state index contributed by atoms with van der Waals surface area (Å²) in [5.41, 5.74) is -1.66. The highest BCUT2D eigenvalue weighted by molar-refractivity contribution is 5.17. The molecular weight excluding hydrogens is 336 g/mol. The number of aliphatic hydroxyl groups is 4. The molecular formula is C20H38O6. The van der Waals surface area contributed by atoms with E-state index < -0.39 is 17.1 Å². The molecule has 2 unspecified atom stereocenters. The largest absolute Gasteiger partial charge is 0.412 e. The fourth-order valence-electron chi connectivity index (χ4n) is 6.70. The zero-order valence-corrected chi connectivity index (χ0v) is 16.5.